The van der Waals surface area contributed by atoms with Crippen molar-refractivity contribution in [1.82, 2.24) is 29.7 Å². The maximum Gasteiger partial charge on any atom is 0.213 e. The fourth-order valence-electron chi connectivity index (χ4n) is 2.69. The van der Waals surface area contributed by atoms with Crippen molar-refractivity contribution in [2.24, 2.45) is 12.0 Å². The number of hydrogen-bond acceptors (Lipinski definition) is 6. The van der Waals surface area contributed by atoms with Gasteiger partial charge in [-0.1, -0.05) is 0 Å². The normalized spacial score (nSPS) is 18.0. The van der Waals surface area contributed by atoms with Crippen molar-refractivity contribution >= 4 is 40.0 Å². The Morgan fingerprint density at radius 1 is 1.48 bits per heavy atom. The quantitative estimate of drug-likeness (QED) is 0.283. The predicted octanol–water partition coefficient (Wildman–Crippen LogP) is -0.0712. The zero-order chi connectivity index (χ0) is 19.0. The van der Waals surface area contributed by atoms with E-state index in [4.69, 9.17) is 4.74 Å². The standard InChI is InChI=1S/C15H29N7O3S.HI/c1-16-15(21(2)11-14-18-12-19-22(14)3)17-7-9-26(23,24)20-10-13-6-4-5-8-25-13;/h12-13,20H,4-11H2,1-3H3,(H,16,17);1H. The van der Waals surface area contributed by atoms with Gasteiger partial charge in [0.2, 0.25) is 10.0 Å². The largest absolute Gasteiger partial charge is 0.377 e. The molecule has 2 heterocycles. The van der Waals surface area contributed by atoms with Crippen LogP contribution in [-0.2, 0) is 28.4 Å². The van der Waals surface area contributed by atoms with Crippen LogP contribution in [-0.4, -0.2) is 79.7 Å². The number of rotatable bonds is 8. The van der Waals surface area contributed by atoms with E-state index in [1.54, 1.807) is 11.7 Å². The molecule has 0 radical (unpaired) electrons. The molecule has 1 fully saturated rings. The molecule has 0 amide bonds. The predicted molar refractivity (Wildman–Crippen MR) is 115 cm³/mol. The Kier molecular flexibility index (Phi) is 10.5. The summed E-state index contributed by atoms with van der Waals surface area (Å²) in [7, 11) is 1.97. The minimum Gasteiger partial charge on any atom is -0.377 e. The summed E-state index contributed by atoms with van der Waals surface area (Å²) in [5, 5.41) is 7.09. The van der Waals surface area contributed by atoms with Gasteiger partial charge in [-0.25, -0.2) is 18.1 Å². The molecule has 12 heteroatoms. The Balaban J connectivity index is 0.00000364. The van der Waals surface area contributed by atoms with Crippen LogP contribution in [0.2, 0.25) is 0 Å². The number of ether oxygens (including phenoxy) is 1. The number of sulfonamides is 1. The number of nitrogens with zero attached hydrogens (tertiary/aromatic N) is 5. The highest BCUT2D eigenvalue weighted by molar-refractivity contribution is 14.0. The van der Waals surface area contributed by atoms with Gasteiger partial charge >= 0.3 is 0 Å². The SMILES string of the molecule is CN=C(NCCS(=O)(=O)NCC1CCCCO1)N(C)Cc1ncnn1C.I. The zero-order valence-corrected chi connectivity index (χ0v) is 19.2. The van der Waals surface area contributed by atoms with E-state index in [9.17, 15) is 8.42 Å². The summed E-state index contributed by atoms with van der Waals surface area (Å²) in [6.07, 6.45) is 4.52. The molecule has 0 spiro atoms. The van der Waals surface area contributed by atoms with Crippen LogP contribution in [0.1, 0.15) is 25.1 Å². The smallest absolute Gasteiger partial charge is 0.213 e. The molecule has 1 aliphatic rings. The van der Waals surface area contributed by atoms with Crippen LogP contribution in [0.3, 0.4) is 0 Å². The van der Waals surface area contributed by atoms with E-state index in [0.717, 1.165) is 25.1 Å². The third kappa shape index (κ3) is 8.27. The van der Waals surface area contributed by atoms with Gasteiger partial charge in [0.15, 0.2) is 5.96 Å². The molecule has 1 atom stereocenters. The van der Waals surface area contributed by atoms with Crippen molar-refractivity contribution in [3.63, 3.8) is 0 Å². The number of hydrogen-bond donors (Lipinski definition) is 2. The first-order chi connectivity index (χ1) is 12.4. The van der Waals surface area contributed by atoms with Crippen LogP contribution in [0.4, 0.5) is 0 Å². The first-order valence-corrected chi connectivity index (χ1v) is 10.4. The fourth-order valence-corrected chi connectivity index (χ4v) is 3.65. The van der Waals surface area contributed by atoms with Crippen LogP contribution in [0.25, 0.3) is 0 Å². The number of aliphatic imine (C=N–C) groups is 1. The van der Waals surface area contributed by atoms with Crippen LogP contribution in [0.15, 0.2) is 11.3 Å². The van der Waals surface area contributed by atoms with Gasteiger partial charge in [-0.2, -0.15) is 5.10 Å². The second kappa shape index (κ2) is 11.8. The minimum atomic E-state index is -3.36. The lowest BCUT2D eigenvalue weighted by Crippen LogP contribution is -2.43. The van der Waals surface area contributed by atoms with Crippen molar-refractivity contribution in [2.45, 2.75) is 31.9 Å². The van der Waals surface area contributed by atoms with Crippen molar-refractivity contribution in [1.29, 1.82) is 0 Å². The molecule has 0 aliphatic carbocycles. The maximum atomic E-state index is 12.1. The molecule has 0 aromatic carbocycles. The van der Waals surface area contributed by atoms with E-state index in [1.165, 1.54) is 6.33 Å². The molecule has 0 bridgehead atoms. The number of nitrogens with one attached hydrogen (secondary N) is 2. The van der Waals surface area contributed by atoms with Crippen LogP contribution < -0.4 is 10.0 Å². The molecule has 1 saturated heterocycles. The molecule has 2 N–H and O–H groups in total. The van der Waals surface area contributed by atoms with E-state index in [2.05, 4.69) is 25.1 Å². The van der Waals surface area contributed by atoms with Crippen molar-refractivity contribution < 1.29 is 13.2 Å². The lowest BCUT2D eigenvalue weighted by Gasteiger charge is -2.23. The lowest BCUT2D eigenvalue weighted by molar-refractivity contribution is 0.0200. The summed E-state index contributed by atoms with van der Waals surface area (Å²) < 4.78 is 34.1. The van der Waals surface area contributed by atoms with E-state index in [-0.39, 0.29) is 42.4 Å². The summed E-state index contributed by atoms with van der Waals surface area (Å²) in [6.45, 7) is 1.82. The molecule has 0 saturated carbocycles. The molecule has 1 unspecified atom stereocenters. The second-order valence-corrected chi connectivity index (χ2v) is 8.21. The summed E-state index contributed by atoms with van der Waals surface area (Å²) >= 11 is 0. The minimum absolute atomic E-state index is 0. The van der Waals surface area contributed by atoms with E-state index < -0.39 is 10.0 Å². The fraction of sp³-hybridized carbons (Fsp3) is 0.800. The number of halogens is 1. The Labute approximate surface area is 178 Å². The molecule has 2 rings (SSSR count). The van der Waals surface area contributed by atoms with Gasteiger partial charge in [0.05, 0.1) is 18.4 Å². The molecule has 1 aliphatic heterocycles. The Morgan fingerprint density at radius 2 is 2.26 bits per heavy atom. The van der Waals surface area contributed by atoms with Gasteiger partial charge in [-0.05, 0) is 19.3 Å². The summed E-state index contributed by atoms with van der Waals surface area (Å²) in [5.41, 5.74) is 0. The van der Waals surface area contributed by atoms with E-state index in [1.807, 2.05) is 19.0 Å². The molecule has 156 valence electrons. The summed E-state index contributed by atoms with van der Waals surface area (Å²) in [4.78, 5) is 10.2. The van der Waals surface area contributed by atoms with Crippen molar-refractivity contribution in [3.8, 4) is 0 Å². The Morgan fingerprint density at radius 3 is 2.85 bits per heavy atom. The van der Waals surface area contributed by atoms with Gasteiger partial charge in [-0.15, -0.1) is 24.0 Å². The molecule has 1 aromatic heterocycles. The van der Waals surface area contributed by atoms with Crippen LogP contribution >= 0.6 is 24.0 Å². The number of aromatic nitrogens is 3. The summed E-state index contributed by atoms with van der Waals surface area (Å²) in [5.74, 6) is 1.35. The van der Waals surface area contributed by atoms with Gasteiger partial charge in [0.1, 0.15) is 12.2 Å². The first-order valence-electron chi connectivity index (χ1n) is 8.75. The van der Waals surface area contributed by atoms with Crippen molar-refractivity contribution in [3.05, 3.63) is 12.2 Å². The van der Waals surface area contributed by atoms with Crippen LogP contribution in [0, 0.1) is 0 Å². The van der Waals surface area contributed by atoms with E-state index >= 15 is 0 Å². The van der Waals surface area contributed by atoms with E-state index in [0.29, 0.717) is 25.7 Å². The van der Waals surface area contributed by atoms with Gasteiger partial charge in [0, 0.05) is 40.8 Å². The third-order valence-electron chi connectivity index (χ3n) is 4.22. The van der Waals surface area contributed by atoms with Gasteiger partial charge < -0.3 is 15.0 Å². The molecule has 1 aromatic rings. The molecular weight excluding hydrogens is 485 g/mol. The van der Waals surface area contributed by atoms with Crippen molar-refractivity contribution in [2.75, 3.05) is 39.5 Å². The highest BCUT2D eigenvalue weighted by Crippen LogP contribution is 2.11. The first kappa shape index (κ1) is 24.0. The van der Waals surface area contributed by atoms with Gasteiger partial charge in [0.25, 0.3) is 0 Å². The average Bonchev–Trinajstić information content (AvgIpc) is 3.02. The van der Waals surface area contributed by atoms with Crippen LogP contribution in [0.5, 0.6) is 0 Å². The number of guanidine groups is 1. The van der Waals surface area contributed by atoms with Gasteiger partial charge in [-0.3, -0.25) is 9.67 Å². The monoisotopic (exact) mass is 515 g/mol. The molecule has 10 nitrogen and oxygen atoms in total. The lowest BCUT2D eigenvalue weighted by atomic mass is 10.1. The topological polar surface area (TPSA) is 114 Å². The Bertz CT molecular complexity index is 689. The average molecular weight is 515 g/mol. The highest BCUT2D eigenvalue weighted by Gasteiger charge is 2.18. The highest BCUT2D eigenvalue weighted by atomic mass is 127. The zero-order valence-electron chi connectivity index (χ0n) is 16.1. The number of aryl methyl sites for hydroxylation is 1. The maximum absolute atomic E-state index is 12.1. The molecule has 27 heavy (non-hydrogen) atoms. The third-order valence-corrected chi connectivity index (χ3v) is 5.56. The summed E-state index contributed by atoms with van der Waals surface area (Å²) in [6, 6.07) is 0. The second-order valence-electron chi connectivity index (χ2n) is 6.29. The molecular formula is C15H30IN7O3S. The Hall–Kier alpha value is -0.990.